The minimum atomic E-state index is -0.181. The average molecular weight is 313 g/mol. The highest BCUT2D eigenvalue weighted by Crippen LogP contribution is 2.11. The highest BCUT2D eigenvalue weighted by molar-refractivity contribution is 5.93. The van der Waals surface area contributed by atoms with Gasteiger partial charge in [0.1, 0.15) is 0 Å². The van der Waals surface area contributed by atoms with Crippen LogP contribution in [0.3, 0.4) is 0 Å². The van der Waals surface area contributed by atoms with E-state index in [1.165, 1.54) is 12.4 Å². The Hall–Kier alpha value is -2.54. The third-order valence-corrected chi connectivity index (χ3v) is 3.60. The van der Waals surface area contributed by atoms with E-state index in [0.717, 1.165) is 25.0 Å². The predicted molar refractivity (Wildman–Crippen MR) is 84.9 cm³/mol. The largest absolute Gasteiger partial charge is 0.376 e. The van der Waals surface area contributed by atoms with Gasteiger partial charge in [0, 0.05) is 44.5 Å². The summed E-state index contributed by atoms with van der Waals surface area (Å²) in [5, 5.41) is 5.94. The molecule has 0 aromatic carbocycles. The van der Waals surface area contributed by atoms with Gasteiger partial charge in [-0.25, -0.2) is 9.97 Å². The minimum Gasteiger partial charge on any atom is -0.376 e. The fourth-order valence-corrected chi connectivity index (χ4v) is 2.33. The van der Waals surface area contributed by atoms with Crippen LogP contribution in [-0.4, -0.2) is 40.1 Å². The zero-order valence-corrected chi connectivity index (χ0v) is 12.7. The molecule has 1 fully saturated rings. The van der Waals surface area contributed by atoms with Crippen LogP contribution in [0.2, 0.25) is 0 Å². The molecule has 1 aliphatic rings. The lowest BCUT2D eigenvalue weighted by Gasteiger charge is -2.10. The normalized spacial score (nSPS) is 17.0. The fraction of sp³-hybridized carbons (Fsp3) is 0.375. The summed E-state index contributed by atoms with van der Waals surface area (Å²) in [6, 6.07) is 3.84. The number of pyridine rings is 1. The summed E-state index contributed by atoms with van der Waals surface area (Å²) in [5.74, 6) is 0.295. The Balaban J connectivity index is 1.49. The molecule has 2 aromatic rings. The van der Waals surface area contributed by atoms with Gasteiger partial charge >= 0.3 is 0 Å². The highest BCUT2D eigenvalue weighted by Gasteiger charge is 2.16. The zero-order chi connectivity index (χ0) is 15.9. The first-order valence-corrected chi connectivity index (χ1v) is 7.66. The summed E-state index contributed by atoms with van der Waals surface area (Å²) in [5.41, 5.74) is 1.48. The lowest BCUT2D eigenvalue weighted by Crippen LogP contribution is -2.31. The van der Waals surface area contributed by atoms with Crippen LogP contribution in [0, 0.1) is 0 Å². The van der Waals surface area contributed by atoms with E-state index >= 15 is 0 Å². The van der Waals surface area contributed by atoms with E-state index in [9.17, 15) is 4.79 Å². The molecule has 7 nitrogen and oxygen atoms in total. The van der Waals surface area contributed by atoms with Crippen molar-refractivity contribution in [2.24, 2.45) is 0 Å². The van der Waals surface area contributed by atoms with Gasteiger partial charge in [0.2, 0.25) is 5.95 Å². The third kappa shape index (κ3) is 4.46. The molecule has 2 aromatic heterocycles. The van der Waals surface area contributed by atoms with E-state index < -0.39 is 0 Å². The first-order chi connectivity index (χ1) is 11.3. The number of nitrogens with zero attached hydrogens (tertiary/aromatic N) is 3. The number of amides is 1. The van der Waals surface area contributed by atoms with Crippen LogP contribution < -0.4 is 10.6 Å². The molecule has 0 saturated carbocycles. The maximum Gasteiger partial charge on any atom is 0.254 e. The number of carbonyl (C=O) groups excluding carboxylic acids is 1. The van der Waals surface area contributed by atoms with E-state index in [4.69, 9.17) is 4.74 Å². The van der Waals surface area contributed by atoms with Crippen molar-refractivity contribution in [1.29, 1.82) is 0 Å². The second-order valence-corrected chi connectivity index (χ2v) is 5.36. The molecule has 0 radical (unpaired) electrons. The molecule has 1 unspecified atom stereocenters. The summed E-state index contributed by atoms with van der Waals surface area (Å²) >= 11 is 0. The Kier molecular flexibility index (Phi) is 5.10. The van der Waals surface area contributed by atoms with Crippen LogP contribution in [0.25, 0.3) is 0 Å². The molecule has 2 N–H and O–H groups in total. The Morgan fingerprint density at radius 1 is 1.30 bits per heavy atom. The Morgan fingerprint density at radius 2 is 2.17 bits per heavy atom. The number of anilines is 1. The van der Waals surface area contributed by atoms with Crippen molar-refractivity contribution in [3.8, 4) is 0 Å². The fourth-order valence-electron chi connectivity index (χ4n) is 2.33. The topological polar surface area (TPSA) is 89.0 Å². The minimum absolute atomic E-state index is 0.125. The number of hydrogen-bond acceptors (Lipinski definition) is 6. The van der Waals surface area contributed by atoms with Crippen LogP contribution in [0.5, 0.6) is 0 Å². The second-order valence-electron chi connectivity index (χ2n) is 5.36. The summed E-state index contributed by atoms with van der Waals surface area (Å²) in [7, 11) is 0. The lowest BCUT2D eigenvalue weighted by molar-refractivity contribution is 0.0857. The Bertz CT molecular complexity index is 627. The Labute approximate surface area is 134 Å². The quantitative estimate of drug-likeness (QED) is 0.838. The zero-order valence-electron chi connectivity index (χ0n) is 12.7. The molecule has 0 bridgehead atoms. The van der Waals surface area contributed by atoms with Gasteiger partial charge in [-0.15, -0.1) is 0 Å². The van der Waals surface area contributed by atoms with Gasteiger partial charge in [-0.05, 0) is 24.5 Å². The van der Waals surface area contributed by atoms with Crippen molar-refractivity contribution in [3.63, 3.8) is 0 Å². The van der Waals surface area contributed by atoms with Crippen LogP contribution in [0.1, 0.15) is 28.8 Å². The summed E-state index contributed by atoms with van der Waals surface area (Å²) in [6.07, 6.45) is 8.71. The van der Waals surface area contributed by atoms with E-state index in [-0.39, 0.29) is 12.0 Å². The number of carbonyl (C=O) groups is 1. The highest BCUT2D eigenvalue weighted by atomic mass is 16.5. The van der Waals surface area contributed by atoms with Crippen molar-refractivity contribution in [2.45, 2.75) is 25.5 Å². The van der Waals surface area contributed by atoms with Gasteiger partial charge in [0.15, 0.2) is 0 Å². The standard InChI is InChI=1S/C16H19N5O2/c22-15(18-11-14-4-2-6-23-14)13-9-20-16(21-10-13)19-8-12-3-1-5-17-7-12/h1,3,5,7,9-10,14H,2,4,6,8,11H2,(H,18,22)(H,19,20,21). The molecule has 0 spiro atoms. The molecule has 7 heteroatoms. The molecule has 1 aliphatic heterocycles. The average Bonchev–Trinajstić information content (AvgIpc) is 3.13. The summed E-state index contributed by atoms with van der Waals surface area (Å²) in [6.45, 7) is 1.89. The van der Waals surface area contributed by atoms with Gasteiger partial charge in [-0.2, -0.15) is 0 Å². The number of hydrogen-bond donors (Lipinski definition) is 2. The summed E-state index contributed by atoms with van der Waals surface area (Å²) < 4.78 is 5.47. The lowest BCUT2D eigenvalue weighted by atomic mass is 10.2. The number of aromatic nitrogens is 3. The van der Waals surface area contributed by atoms with Crippen LogP contribution in [-0.2, 0) is 11.3 Å². The molecular weight excluding hydrogens is 294 g/mol. The predicted octanol–water partition coefficient (Wildman–Crippen LogP) is 1.39. The van der Waals surface area contributed by atoms with Crippen LogP contribution in [0.15, 0.2) is 36.9 Å². The Morgan fingerprint density at radius 3 is 2.87 bits per heavy atom. The SMILES string of the molecule is O=C(NCC1CCCO1)c1cnc(NCc2cccnc2)nc1. The van der Waals surface area contributed by atoms with Crippen molar-refractivity contribution < 1.29 is 9.53 Å². The van der Waals surface area contributed by atoms with E-state index in [1.54, 1.807) is 12.4 Å². The van der Waals surface area contributed by atoms with Gasteiger partial charge < -0.3 is 15.4 Å². The molecule has 3 rings (SSSR count). The van der Waals surface area contributed by atoms with E-state index in [1.807, 2.05) is 12.1 Å². The first kappa shape index (κ1) is 15.4. The van der Waals surface area contributed by atoms with Gasteiger partial charge in [-0.3, -0.25) is 9.78 Å². The van der Waals surface area contributed by atoms with Crippen LogP contribution >= 0.6 is 0 Å². The monoisotopic (exact) mass is 313 g/mol. The number of nitrogens with one attached hydrogen (secondary N) is 2. The first-order valence-electron chi connectivity index (χ1n) is 7.66. The molecule has 3 heterocycles. The van der Waals surface area contributed by atoms with Crippen molar-refractivity contribution in [2.75, 3.05) is 18.5 Å². The maximum atomic E-state index is 12.0. The molecule has 1 amide bonds. The van der Waals surface area contributed by atoms with Crippen molar-refractivity contribution in [3.05, 3.63) is 48.0 Å². The van der Waals surface area contributed by atoms with Crippen LogP contribution in [0.4, 0.5) is 5.95 Å². The second kappa shape index (κ2) is 7.64. The summed E-state index contributed by atoms with van der Waals surface area (Å²) in [4.78, 5) is 24.4. The van der Waals surface area contributed by atoms with Gasteiger partial charge in [-0.1, -0.05) is 6.07 Å². The van der Waals surface area contributed by atoms with Gasteiger partial charge in [0.05, 0.1) is 11.7 Å². The third-order valence-electron chi connectivity index (χ3n) is 3.60. The molecular formula is C16H19N5O2. The smallest absolute Gasteiger partial charge is 0.254 e. The van der Waals surface area contributed by atoms with Gasteiger partial charge in [0.25, 0.3) is 5.91 Å². The number of rotatable bonds is 6. The van der Waals surface area contributed by atoms with Crippen molar-refractivity contribution in [1.82, 2.24) is 20.3 Å². The molecule has 1 atom stereocenters. The van der Waals surface area contributed by atoms with E-state index in [2.05, 4.69) is 25.6 Å². The molecule has 120 valence electrons. The maximum absolute atomic E-state index is 12.0. The molecule has 0 aliphatic carbocycles. The van der Waals surface area contributed by atoms with E-state index in [0.29, 0.717) is 24.6 Å². The number of ether oxygens (including phenoxy) is 1. The molecule has 1 saturated heterocycles. The van der Waals surface area contributed by atoms with Crippen molar-refractivity contribution >= 4 is 11.9 Å². The molecule has 23 heavy (non-hydrogen) atoms.